The predicted molar refractivity (Wildman–Crippen MR) is 68.7 cm³/mol. The summed E-state index contributed by atoms with van der Waals surface area (Å²) in [7, 11) is 0. The first-order valence-electron chi connectivity index (χ1n) is 5.45. The summed E-state index contributed by atoms with van der Waals surface area (Å²) in [6.45, 7) is 2.46. The highest BCUT2D eigenvalue weighted by Crippen LogP contribution is 2.13. The molecule has 0 aliphatic rings. The number of nitrogens with two attached hydrogens (primary N) is 1. The van der Waals surface area contributed by atoms with Crippen LogP contribution in [0.25, 0.3) is 0 Å². The monoisotopic (exact) mass is 257 g/mol. The lowest BCUT2D eigenvalue weighted by Gasteiger charge is -2.05. The SMILES string of the molecule is CCSCCCOC(=O)c1ccc(F)c(N)c1. The Morgan fingerprint density at radius 2 is 2.29 bits per heavy atom. The summed E-state index contributed by atoms with van der Waals surface area (Å²) in [5, 5.41) is 0. The molecule has 94 valence electrons. The van der Waals surface area contributed by atoms with Gasteiger partial charge in [-0.25, -0.2) is 9.18 Å². The zero-order valence-electron chi connectivity index (χ0n) is 9.74. The van der Waals surface area contributed by atoms with Crippen LogP contribution >= 0.6 is 11.8 Å². The maximum Gasteiger partial charge on any atom is 0.338 e. The van der Waals surface area contributed by atoms with Crippen LogP contribution in [0.5, 0.6) is 0 Å². The fourth-order valence-electron chi connectivity index (χ4n) is 1.22. The average Bonchev–Trinajstić information content (AvgIpc) is 2.32. The van der Waals surface area contributed by atoms with Crippen LogP contribution in [0, 0.1) is 5.82 Å². The second kappa shape index (κ2) is 7.17. The molecule has 5 heteroatoms. The van der Waals surface area contributed by atoms with Crippen molar-refractivity contribution in [1.29, 1.82) is 0 Å². The van der Waals surface area contributed by atoms with Crippen molar-refractivity contribution in [3.8, 4) is 0 Å². The second-order valence-corrected chi connectivity index (χ2v) is 4.82. The lowest BCUT2D eigenvalue weighted by molar-refractivity contribution is 0.0506. The molecule has 0 fully saturated rings. The lowest BCUT2D eigenvalue weighted by Crippen LogP contribution is -2.08. The van der Waals surface area contributed by atoms with Gasteiger partial charge in [0.05, 0.1) is 17.9 Å². The summed E-state index contributed by atoms with van der Waals surface area (Å²) < 4.78 is 17.9. The molecule has 0 amide bonds. The number of anilines is 1. The van der Waals surface area contributed by atoms with E-state index in [0.717, 1.165) is 17.9 Å². The van der Waals surface area contributed by atoms with E-state index in [1.807, 2.05) is 0 Å². The Bertz CT molecular complexity index is 385. The van der Waals surface area contributed by atoms with Crippen LogP contribution in [0.15, 0.2) is 18.2 Å². The van der Waals surface area contributed by atoms with Crippen molar-refractivity contribution in [1.82, 2.24) is 0 Å². The number of nitrogen functional groups attached to an aromatic ring is 1. The number of carbonyl (C=O) groups excluding carboxylic acids is 1. The van der Waals surface area contributed by atoms with Crippen molar-refractivity contribution < 1.29 is 13.9 Å². The van der Waals surface area contributed by atoms with E-state index < -0.39 is 11.8 Å². The Balaban J connectivity index is 2.39. The van der Waals surface area contributed by atoms with E-state index in [2.05, 4.69) is 6.92 Å². The van der Waals surface area contributed by atoms with Crippen molar-refractivity contribution in [2.24, 2.45) is 0 Å². The average molecular weight is 257 g/mol. The first-order valence-corrected chi connectivity index (χ1v) is 6.60. The standard InChI is InChI=1S/C12H16FNO2S/c1-2-17-7-3-6-16-12(15)9-4-5-10(13)11(14)8-9/h4-5,8H,2-3,6-7,14H2,1H3. The molecule has 1 aromatic rings. The van der Waals surface area contributed by atoms with E-state index in [0.29, 0.717) is 6.61 Å². The fraction of sp³-hybridized carbons (Fsp3) is 0.417. The van der Waals surface area contributed by atoms with Crippen molar-refractivity contribution in [3.05, 3.63) is 29.6 Å². The lowest BCUT2D eigenvalue weighted by atomic mass is 10.2. The summed E-state index contributed by atoms with van der Waals surface area (Å²) >= 11 is 1.80. The van der Waals surface area contributed by atoms with Gasteiger partial charge in [0, 0.05) is 0 Å². The Hall–Kier alpha value is -1.23. The first kappa shape index (κ1) is 13.8. The molecule has 0 unspecified atom stereocenters. The molecule has 0 atom stereocenters. The first-order chi connectivity index (χ1) is 8.15. The molecule has 0 radical (unpaired) electrons. The highest BCUT2D eigenvalue weighted by molar-refractivity contribution is 7.99. The van der Waals surface area contributed by atoms with Gasteiger partial charge in [0.25, 0.3) is 0 Å². The van der Waals surface area contributed by atoms with Gasteiger partial charge in [0.15, 0.2) is 0 Å². The Morgan fingerprint density at radius 3 is 2.94 bits per heavy atom. The molecule has 0 heterocycles. The quantitative estimate of drug-likeness (QED) is 0.483. The molecule has 17 heavy (non-hydrogen) atoms. The van der Waals surface area contributed by atoms with E-state index in [1.165, 1.54) is 18.2 Å². The van der Waals surface area contributed by atoms with Crippen LogP contribution in [0.3, 0.4) is 0 Å². The summed E-state index contributed by atoms with van der Waals surface area (Å²) in [5.74, 6) is 1.04. The van der Waals surface area contributed by atoms with Gasteiger partial charge < -0.3 is 10.5 Å². The molecule has 0 saturated heterocycles. The van der Waals surface area contributed by atoms with E-state index in [1.54, 1.807) is 11.8 Å². The summed E-state index contributed by atoms with van der Waals surface area (Å²) in [6, 6.07) is 3.83. The van der Waals surface area contributed by atoms with Crippen molar-refractivity contribution in [2.75, 3.05) is 23.8 Å². The molecule has 0 aromatic heterocycles. The number of rotatable bonds is 6. The third kappa shape index (κ3) is 4.65. The second-order valence-electron chi connectivity index (χ2n) is 3.42. The number of ether oxygens (including phenoxy) is 1. The zero-order chi connectivity index (χ0) is 12.7. The van der Waals surface area contributed by atoms with E-state index in [9.17, 15) is 9.18 Å². The van der Waals surface area contributed by atoms with Crippen molar-refractivity contribution in [3.63, 3.8) is 0 Å². The summed E-state index contributed by atoms with van der Waals surface area (Å²) in [4.78, 5) is 11.5. The molecular formula is C12H16FNO2S. The van der Waals surface area contributed by atoms with Gasteiger partial charge in [-0.3, -0.25) is 0 Å². The highest BCUT2D eigenvalue weighted by atomic mass is 32.2. The van der Waals surface area contributed by atoms with Crippen molar-refractivity contribution >= 4 is 23.4 Å². The summed E-state index contributed by atoms with van der Waals surface area (Å²) in [6.07, 6.45) is 0.820. The third-order valence-corrected chi connectivity index (χ3v) is 3.09. The molecule has 2 N–H and O–H groups in total. The molecule has 0 aliphatic carbocycles. The van der Waals surface area contributed by atoms with Gasteiger partial charge in [0.1, 0.15) is 5.82 Å². The molecule has 0 aliphatic heterocycles. The van der Waals surface area contributed by atoms with Crippen LogP contribution in [0.2, 0.25) is 0 Å². The number of carbonyl (C=O) groups is 1. The Labute approximate surface area is 105 Å². The third-order valence-electron chi connectivity index (χ3n) is 2.10. The van der Waals surface area contributed by atoms with Gasteiger partial charge in [-0.15, -0.1) is 0 Å². The molecule has 0 bridgehead atoms. The Morgan fingerprint density at radius 1 is 1.53 bits per heavy atom. The van der Waals surface area contributed by atoms with Gasteiger partial charge in [0.2, 0.25) is 0 Å². The minimum atomic E-state index is -0.527. The normalized spacial score (nSPS) is 10.2. The largest absolute Gasteiger partial charge is 0.462 e. The summed E-state index contributed by atoms with van der Waals surface area (Å²) in [5.41, 5.74) is 5.61. The minimum Gasteiger partial charge on any atom is -0.462 e. The molecule has 1 aromatic carbocycles. The Kier molecular flexibility index (Phi) is 5.83. The molecular weight excluding hydrogens is 241 g/mol. The zero-order valence-corrected chi connectivity index (χ0v) is 10.6. The van der Waals surface area contributed by atoms with Gasteiger partial charge in [-0.2, -0.15) is 11.8 Å². The van der Waals surface area contributed by atoms with E-state index in [-0.39, 0.29) is 11.3 Å². The van der Waals surface area contributed by atoms with Crippen LogP contribution < -0.4 is 5.73 Å². The molecule has 0 saturated carbocycles. The number of halogens is 1. The fourth-order valence-corrected chi connectivity index (χ4v) is 1.83. The highest BCUT2D eigenvalue weighted by Gasteiger charge is 2.09. The maximum absolute atomic E-state index is 12.9. The van der Waals surface area contributed by atoms with Gasteiger partial charge >= 0.3 is 5.97 Å². The number of thioether (sulfide) groups is 1. The smallest absolute Gasteiger partial charge is 0.338 e. The molecule has 0 spiro atoms. The number of esters is 1. The number of benzene rings is 1. The van der Waals surface area contributed by atoms with E-state index >= 15 is 0 Å². The van der Waals surface area contributed by atoms with Gasteiger partial charge in [-0.1, -0.05) is 6.92 Å². The van der Waals surface area contributed by atoms with Crippen molar-refractivity contribution in [2.45, 2.75) is 13.3 Å². The topological polar surface area (TPSA) is 52.3 Å². The predicted octanol–water partition coefficient (Wildman–Crippen LogP) is 2.71. The minimum absolute atomic E-state index is 0.0408. The van der Waals surface area contributed by atoms with Crippen LogP contribution in [-0.2, 0) is 4.74 Å². The van der Waals surface area contributed by atoms with Crippen LogP contribution in [-0.4, -0.2) is 24.1 Å². The van der Waals surface area contributed by atoms with Gasteiger partial charge in [-0.05, 0) is 36.1 Å². The van der Waals surface area contributed by atoms with Crippen LogP contribution in [0.4, 0.5) is 10.1 Å². The van der Waals surface area contributed by atoms with E-state index in [4.69, 9.17) is 10.5 Å². The molecule has 1 rings (SSSR count). The number of hydrogen-bond acceptors (Lipinski definition) is 4. The maximum atomic E-state index is 12.9. The molecule has 3 nitrogen and oxygen atoms in total. The number of hydrogen-bond donors (Lipinski definition) is 1. The van der Waals surface area contributed by atoms with Crippen LogP contribution in [0.1, 0.15) is 23.7 Å².